The van der Waals surface area contributed by atoms with Crippen molar-refractivity contribution in [1.82, 2.24) is 9.97 Å². The number of fused-ring (bicyclic) bond motifs is 2. The Bertz CT molecular complexity index is 879. The topological polar surface area (TPSA) is 72.7 Å². The lowest BCUT2D eigenvalue weighted by Gasteiger charge is -2.28. The van der Waals surface area contributed by atoms with Gasteiger partial charge in [-0.25, -0.2) is 9.97 Å². The summed E-state index contributed by atoms with van der Waals surface area (Å²) in [7, 11) is 4.09. The van der Waals surface area contributed by atoms with Crippen molar-refractivity contribution < 1.29 is 10.2 Å². The average Bonchev–Trinajstić information content (AvgIpc) is 3.00. The quantitative estimate of drug-likeness (QED) is 0.742. The fourth-order valence-electron chi connectivity index (χ4n) is 3.94. The second-order valence-corrected chi connectivity index (χ2v) is 7.64. The van der Waals surface area contributed by atoms with Gasteiger partial charge < -0.3 is 20.0 Å². The van der Waals surface area contributed by atoms with Gasteiger partial charge >= 0.3 is 0 Å². The summed E-state index contributed by atoms with van der Waals surface area (Å²) in [4.78, 5) is 13.1. The molecular formula is C21H30N4O2. The third-order valence-electron chi connectivity index (χ3n) is 5.73. The van der Waals surface area contributed by atoms with Gasteiger partial charge in [-0.2, -0.15) is 0 Å². The zero-order valence-corrected chi connectivity index (χ0v) is 17.2. The number of anilines is 2. The van der Waals surface area contributed by atoms with Gasteiger partial charge in [-0.05, 0) is 58.1 Å². The summed E-state index contributed by atoms with van der Waals surface area (Å²) in [6, 6.07) is 0. The smallest absolute Gasteiger partial charge is 0.140 e. The van der Waals surface area contributed by atoms with Crippen LogP contribution in [0, 0.1) is 27.7 Å². The summed E-state index contributed by atoms with van der Waals surface area (Å²) in [6.07, 6.45) is 3.18. The number of hydrogen-bond donors (Lipinski definition) is 2. The summed E-state index contributed by atoms with van der Waals surface area (Å²) < 4.78 is 0. The van der Waals surface area contributed by atoms with Crippen molar-refractivity contribution in [3.05, 3.63) is 33.6 Å². The Morgan fingerprint density at radius 3 is 1.67 bits per heavy atom. The molecule has 4 heterocycles. The van der Waals surface area contributed by atoms with Gasteiger partial charge in [-0.15, -0.1) is 0 Å². The molecule has 0 bridgehead atoms. The van der Waals surface area contributed by atoms with Gasteiger partial charge in [0.15, 0.2) is 0 Å². The van der Waals surface area contributed by atoms with E-state index in [4.69, 9.17) is 0 Å². The molecule has 0 amide bonds. The first-order chi connectivity index (χ1) is 12.7. The van der Waals surface area contributed by atoms with Crippen LogP contribution in [0.15, 0.2) is 0 Å². The van der Waals surface area contributed by atoms with Crippen LogP contribution in [0.25, 0.3) is 0 Å². The maximum Gasteiger partial charge on any atom is 0.140 e. The molecule has 4 rings (SSSR count). The lowest BCUT2D eigenvalue weighted by molar-refractivity contribution is 0.461. The molecule has 0 aromatic carbocycles. The van der Waals surface area contributed by atoms with Crippen molar-refractivity contribution in [1.29, 1.82) is 0 Å². The molecule has 0 aliphatic carbocycles. The Balaban J connectivity index is 0.000000156. The lowest BCUT2D eigenvalue weighted by atomic mass is 9.99. The molecule has 27 heavy (non-hydrogen) atoms. The molecule has 2 aliphatic heterocycles. The fourth-order valence-corrected chi connectivity index (χ4v) is 3.94. The molecule has 0 saturated heterocycles. The summed E-state index contributed by atoms with van der Waals surface area (Å²) in [5, 5.41) is 19.4. The van der Waals surface area contributed by atoms with E-state index in [-0.39, 0.29) is 0 Å². The number of hydrogen-bond acceptors (Lipinski definition) is 6. The number of pyridine rings is 2. The van der Waals surface area contributed by atoms with Gasteiger partial charge in [0.2, 0.25) is 0 Å². The summed E-state index contributed by atoms with van der Waals surface area (Å²) in [5.74, 6) is 2.80. The highest BCUT2D eigenvalue weighted by Crippen LogP contribution is 2.34. The first-order valence-electron chi connectivity index (χ1n) is 9.52. The minimum absolute atomic E-state index is 0.356. The Kier molecular flexibility index (Phi) is 5.18. The minimum Gasteiger partial charge on any atom is -0.506 e. The molecule has 0 unspecified atom stereocenters. The highest BCUT2D eigenvalue weighted by molar-refractivity contribution is 5.59. The van der Waals surface area contributed by atoms with Crippen LogP contribution in [0.3, 0.4) is 0 Å². The number of aryl methyl sites for hydroxylation is 2. The van der Waals surface area contributed by atoms with Gasteiger partial charge in [0.1, 0.15) is 23.1 Å². The first-order valence-corrected chi connectivity index (χ1v) is 9.52. The highest BCUT2D eigenvalue weighted by Gasteiger charge is 2.22. The zero-order chi connectivity index (χ0) is 19.9. The van der Waals surface area contributed by atoms with Crippen LogP contribution < -0.4 is 9.80 Å². The van der Waals surface area contributed by atoms with Crippen molar-refractivity contribution in [3.63, 3.8) is 0 Å². The normalized spacial score (nSPS) is 15.2. The second kappa shape index (κ2) is 7.25. The molecule has 2 aromatic rings. The van der Waals surface area contributed by atoms with Crippen molar-refractivity contribution >= 4 is 11.6 Å². The fraction of sp³-hybridized carbons (Fsp3) is 0.524. The van der Waals surface area contributed by atoms with Gasteiger partial charge in [-0.1, -0.05) is 0 Å². The number of likely N-dealkylation sites (N-methyl/N-ethyl adjacent to an activating group) is 1. The molecule has 0 atom stereocenters. The number of aromatic nitrogens is 2. The van der Waals surface area contributed by atoms with Crippen molar-refractivity contribution in [2.24, 2.45) is 0 Å². The highest BCUT2D eigenvalue weighted by atomic mass is 16.3. The summed E-state index contributed by atoms with van der Waals surface area (Å²) in [5.41, 5.74) is 5.86. The maximum absolute atomic E-state index is 9.77. The van der Waals surface area contributed by atoms with Gasteiger partial charge in [-0.3, -0.25) is 0 Å². The molecular weight excluding hydrogens is 340 g/mol. The van der Waals surface area contributed by atoms with Crippen LogP contribution in [0.5, 0.6) is 11.5 Å². The average molecular weight is 370 g/mol. The Labute approximate surface area is 161 Å². The van der Waals surface area contributed by atoms with E-state index in [1.807, 2.05) is 34.7 Å². The predicted molar refractivity (Wildman–Crippen MR) is 109 cm³/mol. The van der Waals surface area contributed by atoms with Gasteiger partial charge in [0.25, 0.3) is 0 Å². The van der Waals surface area contributed by atoms with Gasteiger partial charge in [0.05, 0.1) is 11.4 Å². The van der Waals surface area contributed by atoms with E-state index in [0.29, 0.717) is 11.5 Å². The largest absolute Gasteiger partial charge is 0.506 e. The summed E-state index contributed by atoms with van der Waals surface area (Å²) in [6.45, 7) is 9.69. The third kappa shape index (κ3) is 3.40. The van der Waals surface area contributed by atoms with E-state index in [9.17, 15) is 10.2 Å². The van der Waals surface area contributed by atoms with E-state index in [1.54, 1.807) is 0 Å². The first kappa shape index (κ1) is 19.3. The Morgan fingerprint density at radius 2 is 1.15 bits per heavy atom. The Morgan fingerprint density at radius 1 is 0.704 bits per heavy atom. The van der Waals surface area contributed by atoms with Crippen LogP contribution in [-0.4, -0.2) is 47.4 Å². The molecule has 0 spiro atoms. The maximum atomic E-state index is 9.77. The molecule has 2 aromatic heterocycles. The summed E-state index contributed by atoms with van der Waals surface area (Å²) >= 11 is 0. The monoisotopic (exact) mass is 370 g/mol. The number of rotatable bonds is 0. The van der Waals surface area contributed by atoms with Crippen molar-refractivity contribution in [3.8, 4) is 11.5 Å². The van der Waals surface area contributed by atoms with Crippen LogP contribution in [0.4, 0.5) is 11.6 Å². The standard InChI is InChI=1S/C11H16N2O.C10H14N2O/c1-7-9-5-4-6-13(3)11(9)12-8(2)10(7)14;1-6-8-4-5-12(3)10(8)11-7(2)9(6)13/h14H,4-6H2,1-3H3;13H,4-5H2,1-3H3. The molecule has 2 aliphatic rings. The SMILES string of the molecule is Cc1nc2c(c(C)c1O)CCCN2C.Cc1nc2c(c(C)c1O)CCN2C. The van der Waals surface area contributed by atoms with Crippen LogP contribution in [0.1, 0.15) is 40.1 Å². The molecule has 0 radical (unpaired) electrons. The van der Waals surface area contributed by atoms with Crippen LogP contribution in [0.2, 0.25) is 0 Å². The lowest BCUT2D eigenvalue weighted by Crippen LogP contribution is -2.26. The number of nitrogens with zero attached hydrogens (tertiary/aromatic N) is 4. The van der Waals surface area contributed by atoms with E-state index in [2.05, 4.69) is 26.8 Å². The minimum atomic E-state index is 0.356. The zero-order valence-electron chi connectivity index (χ0n) is 17.2. The number of aromatic hydroxyl groups is 2. The molecule has 0 fully saturated rings. The molecule has 2 N–H and O–H groups in total. The predicted octanol–water partition coefficient (Wildman–Crippen LogP) is 3.18. The third-order valence-corrected chi connectivity index (χ3v) is 5.73. The molecule has 6 heteroatoms. The van der Waals surface area contributed by atoms with E-state index in [1.165, 1.54) is 11.1 Å². The second-order valence-electron chi connectivity index (χ2n) is 7.64. The van der Waals surface area contributed by atoms with Crippen molar-refractivity contribution in [2.75, 3.05) is 37.0 Å². The molecule has 0 saturated carbocycles. The molecule has 146 valence electrons. The molecule has 6 nitrogen and oxygen atoms in total. The van der Waals surface area contributed by atoms with Gasteiger partial charge in [0, 0.05) is 38.3 Å². The van der Waals surface area contributed by atoms with E-state index < -0.39 is 0 Å². The van der Waals surface area contributed by atoms with E-state index >= 15 is 0 Å². The van der Waals surface area contributed by atoms with Crippen LogP contribution in [-0.2, 0) is 12.8 Å². The Hall–Kier alpha value is -2.50. The van der Waals surface area contributed by atoms with Crippen LogP contribution >= 0.6 is 0 Å². The van der Waals surface area contributed by atoms with Crippen molar-refractivity contribution in [2.45, 2.75) is 47.0 Å². The van der Waals surface area contributed by atoms with E-state index in [0.717, 1.165) is 66.5 Å².